The largest absolute Gasteiger partial charge is 0.497 e. The summed E-state index contributed by atoms with van der Waals surface area (Å²) in [6.45, 7) is 5.32. The van der Waals surface area contributed by atoms with E-state index in [0.29, 0.717) is 53.8 Å². The molecule has 0 radical (unpaired) electrons. The minimum absolute atomic E-state index is 0.160. The molecule has 1 N–H and O–H groups in total. The molecule has 11 nitrogen and oxygen atoms in total. The number of thiazole rings is 1. The number of furan rings is 1. The van der Waals surface area contributed by atoms with Gasteiger partial charge in [-0.15, -0.1) is 0 Å². The average molecular weight is 595 g/mol. The number of fused-ring (bicyclic) bond motifs is 1. The Kier molecular flexibility index (Phi) is 7.99. The van der Waals surface area contributed by atoms with Crippen molar-refractivity contribution in [3.05, 3.63) is 94.7 Å². The zero-order valence-corrected chi connectivity index (χ0v) is 24.5. The standard InChI is InChI=1S/C28H26N4O7S2/c1-6-38-26(35)23-15(3)30-28-32(24(23)18-12-16(36-4)7-9-19(18)37-5)25(34)20(40-28)13-17-8-10-22(39-17)41-27-29-14(2)11-21(33)31-27/h7-13,24H,6H2,1-5H3,(H,29,31,33)/b20-13+/t24-/m0/s1. The van der Waals surface area contributed by atoms with E-state index in [1.807, 2.05) is 0 Å². The highest BCUT2D eigenvalue weighted by Crippen LogP contribution is 2.37. The van der Waals surface area contributed by atoms with Crippen LogP contribution in [0.25, 0.3) is 6.08 Å². The maximum Gasteiger partial charge on any atom is 0.338 e. The number of rotatable bonds is 8. The van der Waals surface area contributed by atoms with Gasteiger partial charge in [0, 0.05) is 23.4 Å². The minimum Gasteiger partial charge on any atom is -0.497 e. The van der Waals surface area contributed by atoms with Crippen LogP contribution in [0.3, 0.4) is 0 Å². The molecule has 0 unspecified atom stereocenters. The fraction of sp³-hybridized carbons (Fsp3) is 0.250. The normalized spacial score (nSPS) is 15.0. The number of hydrogen-bond donors (Lipinski definition) is 1. The number of hydrogen-bond acceptors (Lipinski definition) is 11. The molecule has 0 amide bonds. The highest BCUT2D eigenvalue weighted by atomic mass is 32.2. The van der Waals surface area contributed by atoms with Gasteiger partial charge in [0.15, 0.2) is 15.1 Å². The molecule has 41 heavy (non-hydrogen) atoms. The van der Waals surface area contributed by atoms with Gasteiger partial charge in [-0.2, -0.15) is 0 Å². The molecule has 3 aromatic heterocycles. The number of allylic oxidation sites excluding steroid dienone is 1. The van der Waals surface area contributed by atoms with E-state index in [0.717, 1.165) is 11.8 Å². The molecule has 1 aliphatic rings. The number of ether oxygens (including phenoxy) is 3. The molecule has 5 rings (SSSR count). The van der Waals surface area contributed by atoms with E-state index in [1.165, 1.54) is 36.2 Å². The van der Waals surface area contributed by atoms with E-state index in [2.05, 4.69) is 15.0 Å². The molecule has 0 aliphatic carbocycles. The third kappa shape index (κ3) is 5.63. The molecule has 212 valence electrons. The predicted molar refractivity (Wildman–Crippen MR) is 152 cm³/mol. The number of carbonyl (C=O) groups is 1. The lowest BCUT2D eigenvalue weighted by molar-refractivity contribution is -0.139. The zero-order valence-electron chi connectivity index (χ0n) is 22.8. The number of carbonyl (C=O) groups excluding carboxylic acids is 1. The van der Waals surface area contributed by atoms with Gasteiger partial charge in [0.2, 0.25) is 0 Å². The lowest BCUT2D eigenvalue weighted by Crippen LogP contribution is -2.40. The van der Waals surface area contributed by atoms with Crippen molar-refractivity contribution < 1.29 is 23.4 Å². The lowest BCUT2D eigenvalue weighted by Gasteiger charge is -2.26. The van der Waals surface area contributed by atoms with Gasteiger partial charge in [0.25, 0.3) is 11.1 Å². The third-order valence-corrected chi connectivity index (χ3v) is 7.96. The second kappa shape index (κ2) is 11.6. The molecule has 0 spiro atoms. The molecule has 0 saturated heterocycles. The monoisotopic (exact) mass is 594 g/mol. The maximum atomic E-state index is 13.9. The highest BCUT2D eigenvalue weighted by molar-refractivity contribution is 7.99. The van der Waals surface area contributed by atoms with Crippen LogP contribution >= 0.6 is 23.1 Å². The number of aryl methyl sites for hydroxylation is 1. The SMILES string of the molecule is CCOC(=O)C1=C(C)N=c2s/c(=C/c3ccc(Sc4nc(C)cc(=O)[nH]4)o3)c(=O)n2[C@H]1c1cc(OC)ccc1OC. The van der Waals surface area contributed by atoms with Crippen LogP contribution in [0.4, 0.5) is 0 Å². The topological polar surface area (TPSA) is 138 Å². The Morgan fingerprint density at radius 2 is 1.98 bits per heavy atom. The minimum atomic E-state index is -0.871. The first-order chi connectivity index (χ1) is 19.7. The fourth-order valence-electron chi connectivity index (χ4n) is 4.43. The Hall–Kier alpha value is -4.36. The second-order valence-electron chi connectivity index (χ2n) is 8.86. The Labute approximate surface area is 241 Å². The van der Waals surface area contributed by atoms with Crippen molar-refractivity contribution in [3.63, 3.8) is 0 Å². The van der Waals surface area contributed by atoms with E-state index in [-0.39, 0.29) is 23.3 Å². The summed E-state index contributed by atoms with van der Waals surface area (Å²) in [5.74, 6) is 0.848. The summed E-state index contributed by atoms with van der Waals surface area (Å²) in [4.78, 5) is 50.8. The molecule has 0 saturated carbocycles. The van der Waals surface area contributed by atoms with Crippen molar-refractivity contribution in [2.75, 3.05) is 20.8 Å². The number of esters is 1. The first-order valence-corrected chi connectivity index (χ1v) is 14.1. The van der Waals surface area contributed by atoms with Gasteiger partial charge in [0.1, 0.15) is 23.3 Å². The Morgan fingerprint density at radius 1 is 1.17 bits per heavy atom. The number of benzene rings is 1. The van der Waals surface area contributed by atoms with Crippen molar-refractivity contribution in [1.29, 1.82) is 0 Å². The summed E-state index contributed by atoms with van der Waals surface area (Å²) >= 11 is 2.33. The van der Waals surface area contributed by atoms with Gasteiger partial charge < -0.3 is 23.6 Å². The summed E-state index contributed by atoms with van der Waals surface area (Å²) in [6, 6.07) is 9.17. The van der Waals surface area contributed by atoms with Crippen molar-refractivity contribution in [1.82, 2.24) is 14.5 Å². The molecular formula is C28H26N4O7S2. The Balaban J connectivity index is 1.62. The smallest absolute Gasteiger partial charge is 0.338 e. The summed E-state index contributed by atoms with van der Waals surface area (Å²) < 4.78 is 24.1. The predicted octanol–water partition coefficient (Wildman–Crippen LogP) is 2.95. The number of H-pyrrole nitrogens is 1. The number of aromatic nitrogens is 3. The molecule has 0 fully saturated rings. The van der Waals surface area contributed by atoms with E-state index in [4.69, 9.17) is 18.6 Å². The fourth-order valence-corrected chi connectivity index (χ4v) is 6.26. The summed E-state index contributed by atoms with van der Waals surface area (Å²) in [6.07, 6.45) is 1.61. The molecule has 1 atom stereocenters. The first kappa shape index (κ1) is 28.2. The van der Waals surface area contributed by atoms with E-state index >= 15 is 0 Å². The molecule has 4 aromatic rings. The first-order valence-electron chi connectivity index (χ1n) is 12.5. The highest BCUT2D eigenvalue weighted by Gasteiger charge is 2.35. The second-order valence-corrected chi connectivity index (χ2v) is 10.9. The van der Waals surface area contributed by atoms with Crippen LogP contribution in [0.5, 0.6) is 11.5 Å². The molecule has 4 heterocycles. The molecule has 0 bridgehead atoms. The van der Waals surface area contributed by atoms with Crippen molar-refractivity contribution in [2.24, 2.45) is 4.99 Å². The van der Waals surface area contributed by atoms with Crippen LogP contribution in [0, 0.1) is 6.92 Å². The summed E-state index contributed by atoms with van der Waals surface area (Å²) in [5.41, 5.74) is 1.17. The molecule has 1 aromatic carbocycles. The Bertz CT molecular complexity index is 1920. The van der Waals surface area contributed by atoms with Gasteiger partial charge >= 0.3 is 5.97 Å². The van der Waals surface area contributed by atoms with Gasteiger partial charge in [-0.3, -0.25) is 14.2 Å². The summed E-state index contributed by atoms with van der Waals surface area (Å²) in [5, 5.41) is 0.877. The average Bonchev–Trinajstić information content (AvgIpc) is 3.50. The number of nitrogens with one attached hydrogen (secondary N) is 1. The van der Waals surface area contributed by atoms with Crippen LogP contribution < -0.4 is 29.9 Å². The Morgan fingerprint density at radius 3 is 2.68 bits per heavy atom. The lowest BCUT2D eigenvalue weighted by atomic mass is 9.95. The van der Waals surface area contributed by atoms with Gasteiger partial charge in [0.05, 0.1) is 36.6 Å². The van der Waals surface area contributed by atoms with Crippen LogP contribution in [0.2, 0.25) is 0 Å². The molecule has 13 heteroatoms. The number of methoxy groups -OCH3 is 2. The third-order valence-electron chi connectivity index (χ3n) is 6.17. The molecular weight excluding hydrogens is 568 g/mol. The van der Waals surface area contributed by atoms with Gasteiger partial charge in [-0.1, -0.05) is 11.3 Å². The van der Waals surface area contributed by atoms with Gasteiger partial charge in [-0.25, -0.2) is 14.8 Å². The van der Waals surface area contributed by atoms with Crippen LogP contribution in [0.1, 0.15) is 36.9 Å². The number of nitrogens with zero attached hydrogens (tertiary/aromatic N) is 3. The van der Waals surface area contributed by atoms with Crippen molar-refractivity contribution in [3.8, 4) is 11.5 Å². The zero-order chi connectivity index (χ0) is 29.3. The van der Waals surface area contributed by atoms with Crippen LogP contribution in [0.15, 0.2) is 76.9 Å². The van der Waals surface area contributed by atoms with E-state index in [1.54, 1.807) is 57.2 Å². The van der Waals surface area contributed by atoms with E-state index < -0.39 is 12.0 Å². The van der Waals surface area contributed by atoms with Gasteiger partial charge in [-0.05, 0) is 62.9 Å². The summed E-state index contributed by atoms with van der Waals surface area (Å²) in [7, 11) is 3.05. The van der Waals surface area contributed by atoms with Crippen LogP contribution in [-0.4, -0.2) is 41.3 Å². The van der Waals surface area contributed by atoms with Crippen LogP contribution in [-0.2, 0) is 9.53 Å². The number of aromatic amines is 1. The maximum absolute atomic E-state index is 13.9. The molecule has 1 aliphatic heterocycles. The van der Waals surface area contributed by atoms with Crippen molar-refractivity contribution in [2.45, 2.75) is 37.1 Å². The quantitative estimate of drug-likeness (QED) is 0.241. The van der Waals surface area contributed by atoms with Crippen molar-refractivity contribution >= 4 is 35.1 Å². The van der Waals surface area contributed by atoms with E-state index in [9.17, 15) is 14.4 Å².